The molecule has 0 heterocycles. The van der Waals surface area contributed by atoms with Crippen LogP contribution < -0.4 is 10.6 Å². The van der Waals surface area contributed by atoms with Gasteiger partial charge in [0.05, 0.1) is 5.92 Å². The molecule has 0 bridgehead atoms. The lowest BCUT2D eigenvalue weighted by Gasteiger charge is -2.12. The van der Waals surface area contributed by atoms with Gasteiger partial charge in [-0.2, -0.15) is 0 Å². The van der Waals surface area contributed by atoms with Crippen LogP contribution in [0.2, 0.25) is 0 Å². The highest BCUT2D eigenvalue weighted by Gasteiger charge is 2.40. The summed E-state index contributed by atoms with van der Waals surface area (Å²) in [5.41, 5.74) is 5.33. The fourth-order valence-corrected chi connectivity index (χ4v) is 3.15. The molecule has 0 fully saturated rings. The molecule has 128 valence electrons. The van der Waals surface area contributed by atoms with Gasteiger partial charge in [0, 0.05) is 17.8 Å². The number of anilines is 1. The quantitative estimate of drug-likeness (QED) is 0.874. The first-order valence-electron chi connectivity index (χ1n) is 8.49. The molecule has 1 aliphatic carbocycles. The van der Waals surface area contributed by atoms with E-state index in [4.69, 9.17) is 0 Å². The first-order chi connectivity index (χ1) is 12.0. The van der Waals surface area contributed by atoms with Crippen LogP contribution in [-0.2, 0) is 4.79 Å². The molecule has 25 heavy (non-hydrogen) atoms. The molecule has 4 heteroatoms. The monoisotopic (exact) mass is 334 g/mol. The minimum Gasteiger partial charge on any atom is -0.352 e. The summed E-state index contributed by atoms with van der Waals surface area (Å²) in [5.74, 6) is -0.357. The van der Waals surface area contributed by atoms with E-state index in [0.717, 1.165) is 22.3 Å². The number of hydrogen-bond donors (Lipinski definition) is 2. The maximum atomic E-state index is 12.7. The lowest BCUT2D eigenvalue weighted by molar-refractivity contribution is -0.116. The van der Waals surface area contributed by atoms with Crippen molar-refractivity contribution < 1.29 is 9.59 Å². The van der Waals surface area contributed by atoms with Crippen molar-refractivity contribution in [1.82, 2.24) is 5.32 Å². The summed E-state index contributed by atoms with van der Waals surface area (Å²) in [4.78, 5) is 24.8. The Bertz CT molecular complexity index is 853. The van der Waals surface area contributed by atoms with Crippen molar-refractivity contribution in [2.75, 3.05) is 11.9 Å². The van der Waals surface area contributed by atoms with Crippen molar-refractivity contribution in [3.05, 3.63) is 70.8 Å². The number of carbonyl (C=O) groups excluding carboxylic acids is 2. The van der Waals surface area contributed by atoms with Crippen molar-refractivity contribution in [2.45, 2.75) is 20.8 Å². The van der Waals surface area contributed by atoms with Gasteiger partial charge >= 0.3 is 0 Å². The van der Waals surface area contributed by atoms with Gasteiger partial charge in [-0.15, -0.1) is 0 Å². The van der Waals surface area contributed by atoms with E-state index in [1.807, 2.05) is 57.2 Å². The maximum absolute atomic E-state index is 12.7. The van der Waals surface area contributed by atoms with Crippen molar-refractivity contribution >= 4 is 23.1 Å². The van der Waals surface area contributed by atoms with E-state index in [-0.39, 0.29) is 17.7 Å². The molecule has 0 aliphatic heterocycles. The summed E-state index contributed by atoms with van der Waals surface area (Å²) < 4.78 is 0. The molecule has 0 aromatic heterocycles. The summed E-state index contributed by atoms with van der Waals surface area (Å²) in [6, 6.07) is 15.3. The van der Waals surface area contributed by atoms with E-state index in [1.54, 1.807) is 12.1 Å². The molecule has 0 saturated heterocycles. The van der Waals surface area contributed by atoms with E-state index in [1.165, 1.54) is 0 Å². The first-order valence-corrected chi connectivity index (χ1v) is 8.49. The van der Waals surface area contributed by atoms with Gasteiger partial charge in [-0.3, -0.25) is 9.59 Å². The molecular formula is C21H22N2O2. The van der Waals surface area contributed by atoms with Gasteiger partial charge in [0.15, 0.2) is 0 Å². The zero-order valence-corrected chi connectivity index (χ0v) is 14.7. The molecule has 0 spiro atoms. The fourth-order valence-electron chi connectivity index (χ4n) is 3.15. The molecule has 1 unspecified atom stereocenters. The minimum atomic E-state index is -0.185. The lowest BCUT2D eigenvalue weighted by Crippen LogP contribution is -2.24. The number of hydrogen-bond acceptors (Lipinski definition) is 2. The van der Waals surface area contributed by atoms with Crippen molar-refractivity contribution in [3.63, 3.8) is 0 Å². The SMILES string of the molecule is CCNC(=O)c1cccc(NC(=O)C2C(C)=C2c2ccccc2)c1C. The highest BCUT2D eigenvalue weighted by atomic mass is 16.2. The van der Waals surface area contributed by atoms with Gasteiger partial charge < -0.3 is 10.6 Å². The molecule has 0 radical (unpaired) electrons. The highest BCUT2D eigenvalue weighted by Crippen LogP contribution is 2.47. The van der Waals surface area contributed by atoms with E-state index >= 15 is 0 Å². The molecule has 3 rings (SSSR count). The third-order valence-electron chi connectivity index (χ3n) is 4.58. The Balaban J connectivity index is 1.75. The number of carbonyl (C=O) groups is 2. The van der Waals surface area contributed by atoms with Gasteiger partial charge in [-0.1, -0.05) is 42.0 Å². The summed E-state index contributed by atoms with van der Waals surface area (Å²) in [6.07, 6.45) is 0. The van der Waals surface area contributed by atoms with E-state index < -0.39 is 0 Å². The predicted molar refractivity (Wildman–Crippen MR) is 100 cm³/mol. The van der Waals surface area contributed by atoms with E-state index in [0.29, 0.717) is 17.8 Å². The third-order valence-corrected chi connectivity index (χ3v) is 4.58. The second kappa shape index (κ2) is 6.93. The molecule has 2 aromatic carbocycles. The summed E-state index contributed by atoms with van der Waals surface area (Å²) in [7, 11) is 0. The van der Waals surface area contributed by atoms with Crippen LogP contribution in [0, 0.1) is 12.8 Å². The van der Waals surface area contributed by atoms with Gasteiger partial charge in [0.25, 0.3) is 5.91 Å². The molecule has 4 nitrogen and oxygen atoms in total. The molecule has 0 saturated carbocycles. The van der Waals surface area contributed by atoms with Gasteiger partial charge in [-0.05, 0) is 49.6 Å². The third kappa shape index (κ3) is 3.33. The number of nitrogens with one attached hydrogen (secondary N) is 2. The second-order valence-electron chi connectivity index (χ2n) is 6.22. The van der Waals surface area contributed by atoms with Crippen LogP contribution >= 0.6 is 0 Å². The Hall–Kier alpha value is -2.88. The largest absolute Gasteiger partial charge is 0.352 e. The van der Waals surface area contributed by atoms with Crippen LogP contribution in [0.1, 0.15) is 35.3 Å². The Morgan fingerprint density at radius 2 is 1.72 bits per heavy atom. The van der Waals surface area contributed by atoms with Gasteiger partial charge in [0.1, 0.15) is 0 Å². The maximum Gasteiger partial charge on any atom is 0.251 e. The smallest absolute Gasteiger partial charge is 0.251 e. The number of rotatable bonds is 5. The normalized spacial score (nSPS) is 15.7. The first kappa shape index (κ1) is 17.0. The van der Waals surface area contributed by atoms with E-state index in [9.17, 15) is 9.59 Å². The average molecular weight is 334 g/mol. The summed E-state index contributed by atoms with van der Waals surface area (Å²) in [6.45, 7) is 6.29. The van der Waals surface area contributed by atoms with Crippen LogP contribution in [-0.4, -0.2) is 18.4 Å². The molecule has 2 amide bonds. The highest BCUT2D eigenvalue weighted by molar-refractivity contribution is 6.11. The number of benzene rings is 2. The molecule has 1 aliphatic rings. The van der Waals surface area contributed by atoms with Crippen LogP contribution in [0.25, 0.3) is 5.57 Å². The zero-order chi connectivity index (χ0) is 18.0. The molecule has 1 atom stereocenters. The van der Waals surface area contributed by atoms with Crippen LogP contribution in [0.4, 0.5) is 5.69 Å². The fraction of sp³-hybridized carbons (Fsp3) is 0.238. The molecule has 2 N–H and O–H groups in total. The Morgan fingerprint density at radius 3 is 2.40 bits per heavy atom. The lowest BCUT2D eigenvalue weighted by atomic mass is 10.0. The topological polar surface area (TPSA) is 58.2 Å². The van der Waals surface area contributed by atoms with Crippen LogP contribution in [0.15, 0.2) is 54.1 Å². The van der Waals surface area contributed by atoms with Gasteiger partial charge in [-0.25, -0.2) is 0 Å². The van der Waals surface area contributed by atoms with Crippen molar-refractivity contribution in [1.29, 1.82) is 0 Å². The summed E-state index contributed by atoms with van der Waals surface area (Å²) >= 11 is 0. The Kier molecular flexibility index (Phi) is 4.70. The van der Waals surface area contributed by atoms with Crippen molar-refractivity contribution in [3.8, 4) is 0 Å². The second-order valence-corrected chi connectivity index (χ2v) is 6.22. The summed E-state index contributed by atoms with van der Waals surface area (Å²) in [5, 5.41) is 5.77. The Labute approximate surface area is 148 Å². The average Bonchev–Trinajstić information content (AvgIpc) is 3.29. The van der Waals surface area contributed by atoms with Crippen molar-refractivity contribution in [2.24, 2.45) is 5.92 Å². The zero-order valence-electron chi connectivity index (χ0n) is 14.7. The molecule has 2 aromatic rings. The molecular weight excluding hydrogens is 312 g/mol. The predicted octanol–water partition coefficient (Wildman–Crippen LogP) is 3.79. The van der Waals surface area contributed by atoms with E-state index in [2.05, 4.69) is 10.6 Å². The Morgan fingerprint density at radius 1 is 1.00 bits per heavy atom. The standard InChI is InChI=1S/C21H22N2O2/c1-4-22-20(24)16-11-8-12-17(13(16)2)23-21(25)19-14(3)18(19)15-9-6-5-7-10-15/h5-12,19H,4H2,1-3H3,(H,22,24)(H,23,25). The minimum absolute atomic E-state index is 0.0486. The van der Waals surface area contributed by atoms with Crippen LogP contribution in [0.3, 0.4) is 0 Å². The van der Waals surface area contributed by atoms with Crippen LogP contribution in [0.5, 0.6) is 0 Å². The number of amides is 2. The van der Waals surface area contributed by atoms with Gasteiger partial charge in [0.2, 0.25) is 5.91 Å².